The molecule has 4 nitrogen and oxygen atoms in total. The van der Waals surface area contributed by atoms with E-state index < -0.39 is 0 Å². The van der Waals surface area contributed by atoms with Crippen molar-refractivity contribution in [2.75, 3.05) is 0 Å². The maximum atomic E-state index is 6.89. The normalized spacial score (nSPS) is 14.2. The van der Waals surface area contributed by atoms with Gasteiger partial charge in [-0.2, -0.15) is 0 Å². The van der Waals surface area contributed by atoms with Crippen LogP contribution in [0.15, 0.2) is 179 Å². The maximum absolute atomic E-state index is 6.89. The maximum Gasteiger partial charge on any atom is 0.147 e. The number of nitrogens with zero attached hydrogens (tertiary/aromatic N) is 2. The zero-order valence-corrected chi connectivity index (χ0v) is 25.7. The minimum absolute atomic E-state index is 0.484. The van der Waals surface area contributed by atoms with E-state index in [1.165, 1.54) is 0 Å². The van der Waals surface area contributed by atoms with Gasteiger partial charge < -0.3 is 10.2 Å². The highest BCUT2D eigenvalue weighted by molar-refractivity contribution is 6.16. The first kappa shape index (κ1) is 28.2. The zero-order valence-electron chi connectivity index (χ0n) is 25.7. The Balaban J connectivity index is 1.36. The van der Waals surface area contributed by atoms with Crippen LogP contribution in [-0.4, -0.2) is 10.8 Å². The van der Waals surface area contributed by atoms with E-state index >= 15 is 0 Å². The van der Waals surface area contributed by atoms with E-state index in [0.717, 1.165) is 84.4 Å². The van der Waals surface area contributed by atoms with Crippen LogP contribution in [0.5, 0.6) is 0 Å². The molecule has 1 aliphatic carbocycles. The molecule has 0 saturated carbocycles. The topological polar surface area (TPSA) is 64.4 Å². The lowest BCUT2D eigenvalue weighted by Gasteiger charge is -2.13. The van der Waals surface area contributed by atoms with E-state index in [-0.39, 0.29) is 0 Å². The van der Waals surface area contributed by atoms with E-state index in [2.05, 4.69) is 85.0 Å². The number of benzene rings is 5. The van der Waals surface area contributed by atoms with Gasteiger partial charge in [-0.1, -0.05) is 152 Å². The molecule has 2 heterocycles. The number of hydrogen-bond acceptors (Lipinski definition) is 3. The molecule has 8 rings (SSSR count). The number of nitrogens with two attached hydrogens (primary N) is 1. The van der Waals surface area contributed by atoms with Gasteiger partial charge in [0.2, 0.25) is 0 Å². The van der Waals surface area contributed by atoms with Gasteiger partial charge in [0.1, 0.15) is 17.2 Å². The van der Waals surface area contributed by atoms with Gasteiger partial charge in [0, 0.05) is 33.2 Å². The van der Waals surface area contributed by atoms with Crippen molar-refractivity contribution in [2.45, 2.75) is 6.42 Å². The summed E-state index contributed by atoms with van der Waals surface area (Å²) < 4.78 is 6.89. The Morgan fingerprint density at radius 2 is 1.30 bits per heavy atom. The monoisotopic (exact) mass is 605 g/mol. The molecule has 0 bridgehead atoms. The van der Waals surface area contributed by atoms with E-state index in [0.29, 0.717) is 5.84 Å². The van der Waals surface area contributed by atoms with Crippen molar-refractivity contribution in [1.29, 1.82) is 0 Å². The first-order chi connectivity index (χ1) is 23.2. The third-order valence-corrected chi connectivity index (χ3v) is 8.54. The predicted octanol–water partition coefficient (Wildman–Crippen LogP) is 10.6. The van der Waals surface area contributed by atoms with Crippen LogP contribution in [0.3, 0.4) is 0 Å². The second-order valence-corrected chi connectivity index (χ2v) is 11.5. The first-order valence-electron chi connectivity index (χ1n) is 15.8. The van der Waals surface area contributed by atoms with Crippen LogP contribution in [0.4, 0.5) is 0 Å². The van der Waals surface area contributed by atoms with Crippen molar-refractivity contribution in [1.82, 2.24) is 4.98 Å². The smallest absolute Gasteiger partial charge is 0.147 e. The fraction of sp³-hybridized carbons (Fsp3) is 0.0233. The summed E-state index contributed by atoms with van der Waals surface area (Å²) in [6.45, 7) is 0. The van der Waals surface area contributed by atoms with Crippen LogP contribution in [0.25, 0.3) is 61.3 Å². The molecule has 0 fully saturated rings. The van der Waals surface area contributed by atoms with Crippen molar-refractivity contribution in [2.24, 2.45) is 10.7 Å². The van der Waals surface area contributed by atoms with Crippen LogP contribution in [0.1, 0.15) is 17.5 Å². The average molecular weight is 606 g/mol. The Kier molecular flexibility index (Phi) is 7.37. The molecule has 0 atom stereocenters. The summed E-state index contributed by atoms with van der Waals surface area (Å²) in [4.78, 5) is 10.2. The van der Waals surface area contributed by atoms with E-state index in [1.807, 2.05) is 78.9 Å². The van der Waals surface area contributed by atoms with Crippen LogP contribution in [0.2, 0.25) is 0 Å². The Morgan fingerprint density at radius 3 is 2.00 bits per heavy atom. The highest BCUT2D eigenvalue weighted by Gasteiger charge is 2.24. The number of aromatic nitrogens is 1. The lowest BCUT2D eigenvalue weighted by atomic mass is 9.93. The van der Waals surface area contributed by atoms with Crippen molar-refractivity contribution >= 4 is 33.4 Å². The summed E-state index contributed by atoms with van der Waals surface area (Å²) in [5.74, 6) is 1.30. The summed E-state index contributed by atoms with van der Waals surface area (Å²) in [7, 11) is 0. The van der Waals surface area contributed by atoms with Crippen molar-refractivity contribution in [3.8, 4) is 33.7 Å². The number of hydrogen-bond donors (Lipinski definition) is 1. The lowest BCUT2D eigenvalue weighted by Crippen LogP contribution is -2.13. The van der Waals surface area contributed by atoms with E-state index in [1.54, 1.807) is 0 Å². The molecule has 7 aromatic rings. The average Bonchev–Trinajstić information content (AvgIpc) is 3.56. The number of aliphatic imine (C=N–C) groups is 1. The minimum atomic E-state index is 0.484. The molecule has 0 spiro atoms. The molecule has 1 aliphatic rings. The number of amidine groups is 1. The summed E-state index contributed by atoms with van der Waals surface area (Å²) >= 11 is 0. The Morgan fingerprint density at radius 1 is 0.638 bits per heavy atom. The molecule has 4 heteroatoms. The second-order valence-electron chi connectivity index (χ2n) is 11.5. The summed E-state index contributed by atoms with van der Waals surface area (Å²) in [6.07, 6.45) is 9.15. The Bertz CT molecular complexity index is 2350. The Labute approximate surface area is 273 Å². The van der Waals surface area contributed by atoms with Crippen LogP contribution < -0.4 is 5.73 Å². The van der Waals surface area contributed by atoms with Crippen molar-refractivity contribution in [3.63, 3.8) is 0 Å². The number of rotatable bonds is 6. The molecule has 0 radical (unpaired) electrons. The standard InChI is InChI=1S/C43H31N3O/c44-43(34-21-11-4-12-22-34)46-39(30-15-5-1-6-16-30)32-27-25-29(26-28-32)37-38-40(31-17-7-2-8-18-31)45-36-24-14-13-23-35(36)42(38)47-41(37)33-19-9-3-10-20-33/h1-15,17-28H,16H2,(H2,44,46)/b39-30-. The second kappa shape index (κ2) is 12.3. The predicted molar refractivity (Wildman–Crippen MR) is 195 cm³/mol. The molecular formula is C43H31N3O. The molecule has 0 saturated heterocycles. The quantitative estimate of drug-likeness (QED) is 0.151. The fourth-order valence-electron chi connectivity index (χ4n) is 6.26. The van der Waals surface area contributed by atoms with E-state index in [4.69, 9.17) is 20.1 Å². The Hall–Kier alpha value is -6.26. The molecular weight excluding hydrogens is 574 g/mol. The van der Waals surface area contributed by atoms with E-state index in [9.17, 15) is 0 Å². The fourth-order valence-corrected chi connectivity index (χ4v) is 6.26. The molecule has 2 N–H and O–H groups in total. The highest BCUT2D eigenvalue weighted by Crippen LogP contribution is 2.46. The third kappa shape index (κ3) is 5.36. The number of para-hydroxylation sites is 1. The van der Waals surface area contributed by atoms with Crippen LogP contribution in [0, 0.1) is 0 Å². The molecule has 2 aromatic heterocycles. The van der Waals surface area contributed by atoms with Gasteiger partial charge in [-0.15, -0.1) is 0 Å². The zero-order chi connectivity index (χ0) is 31.6. The van der Waals surface area contributed by atoms with Gasteiger partial charge in [-0.05, 0) is 29.7 Å². The molecule has 0 aliphatic heterocycles. The van der Waals surface area contributed by atoms with Gasteiger partial charge in [0.05, 0.1) is 22.3 Å². The van der Waals surface area contributed by atoms with Gasteiger partial charge in [-0.3, -0.25) is 0 Å². The van der Waals surface area contributed by atoms with Gasteiger partial charge in [-0.25, -0.2) is 9.98 Å². The summed E-state index contributed by atoms with van der Waals surface area (Å²) in [6, 6.07) is 47.3. The minimum Gasteiger partial charge on any atom is -0.455 e. The van der Waals surface area contributed by atoms with Gasteiger partial charge in [0.15, 0.2) is 0 Å². The summed E-state index contributed by atoms with van der Waals surface area (Å²) in [5, 5.41) is 1.98. The van der Waals surface area contributed by atoms with Crippen LogP contribution >= 0.6 is 0 Å². The third-order valence-electron chi connectivity index (χ3n) is 8.54. The van der Waals surface area contributed by atoms with Crippen LogP contribution in [-0.2, 0) is 0 Å². The number of pyridine rings is 1. The number of allylic oxidation sites excluding steroid dienone is 5. The summed E-state index contributed by atoms with van der Waals surface area (Å²) in [5.41, 5.74) is 17.1. The first-order valence-corrected chi connectivity index (χ1v) is 15.8. The molecule has 224 valence electrons. The van der Waals surface area contributed by atoms with Gasteiger partial charge >= 0.3 is 0 Å². The lowest BCUT2D eigenvalue weighted by molar-refractivity contribution is 0.636. The van der Waals surface area contributed by atoms with Gasteiger partial charge in [0.25, 0.3) is 0 Å². The molecule has 5 aromatic carbocycles. The molecule has 0 unspecified atom stereocenters. The largest absolute Gasteiger partial charge is 0.455 e. The molecule has 0 amide bonds. The SMILES string of the molecule is NC(=N/C(=C1/C=CC=CC1)c1ccc(-c2c(-c3ccccc3)oc3c2c(-c2ccccc2)nc2ccccc23)cc1)c1ccccc1. The number of fused-ring (bicyclic) bond motifs is 3. The number of furan rings is 1. The van der Waals surface area contributed by atoms with Crippen molar-refractivity contribution < 1.29 is 4.42 Å². The highest BCUT2D eigenvalue weighted by atomic mass is 16.3. The molecule has 47 heavy (non-hydrogen) atoms. The van der Waals surface area contributed by atoms with Crippen molar-refractivity contribution in [3.05, 3.63) is 181 Å².